The molecule has 0 aliphatic heterocycles. The lowest BCUT2D eigenvalue weighted by Crippen LogP contribution is -2.18. The zero-order valence-electron chi connectivity index (χ0n) is 13.2. The van der Waals surface area contributed by atoms with E-state index in [0.29, 0.717) is 11.3 Å². The van der Waals surface area contributed by atoms with E-state index in [0.717, 1.165) is 0 Å². The third kappa shape index (κ3) is 3.24. The zero-order valence-corrected chi connectivity index (χ0v) is 13.2. The molecule has 0 unspecified atom stereocenters. The van der Waals surface area contributed by atoms with Crippen molar-refractivity contribution in [3.05, 3.63) is 23.3 Å². The molecule has 0 N–H and O–H groups in total. The van der Waals surface area contributed by atoms with Crippen molar-refractivity contribution < 1.29 is 0 Å². The molecular weight excluding hydrogens is 204 g/mol. The van der Waals surface area contributed by atoms with Gasteiger partial charge in [-0.25, -0.2) is 0 Å². The lowest BCUT2D eigenvalue weighted by Gasteiger charge is -2.31. The van der Waals surface area contributed by atoms with Crippen molar-refractivity contribution in [2.75, 3.05) is 0 Å². The quantitative estimate of drug-likeness (QED) is 0.511. The van der Waals surface area contributed by atoms with Gasteiger partial charge < -0.3 is 0 Å². The van der Waals surface area contributed by atoms with Crippen molar-refractivity contribution in [3.8, 4) is 0 Å². The van der Waals surface area contributed by atoms with Crippen molar-refractivity contribution in [3.63, 3.8) is 0 Å². The first-order chi connectivity index (χ1) is 7.33. The van der Waals surface area contributed by atoms with Gasteiger partial charge in [0.1, 0.15) is 0 Å². The van der Waals surface area contributed by atoms with Gasteiger partial charge in [-0.2, -0.15) is 0 Å². The van der Waals surface area contributed by atoms with Gasteiger partial charge >= 0.3 is 0 Å². The molecule has 0 aromatic heterocycles. The van der Waals surface area contributed by atoms with Crippen LogP contribution in [0.1, 0.15) is 62.3 Å². The molecule has 0 amide bonds. The van der Waals surface area contributed by atoms with Crippen LogP contribution in [0.5, 0.6) is 0 Å². The first-order valence-electron chi connectivity index (χ1n) is 6.78. The minimum Gasteiger partial charge on any atom is -0.0730 e. The Bertz CT molecular complexity index is 315. The summed E-state index contributed by atoms with van der Waals surface area (Å²) in [7, 11) is 0. The van der Waals surface area contributed by atoms with E-state index in [4.69, 9.17) is 0 Å². The fraction of sp³-hybridized carbons (Fsp3) is 0.765. The Labute approximate surface area is 108 Å². The van der Waals surface area contributed by atoms with E-state index in [1.807, 2.05) is 0 Å². The van der Waals surface area contributed by atoms with Gasteiger partial charge in [-0.15, -0.1) is 0 Å². The number of hydrogen-bond donors (Lipinski definition) is 0. The molecular formula is C17H30. The summed E-state index contributed by atoms with van der Waals surface area (Å²) < 4.78 is 0. The van der Waals surface area contributed by atoms with Crippen molar-refractivity contribution in [2.24, 2.45) is 22.2 Å². The van der Waals surface area contributed by atoms with Crippen LogP contribution < -0.4 is 0 Å². The summed E-state index contributed by atoms with van der Waals surface area (Å²) in [6.45, 7) is 20.9. The fourth-order valence-electron chi connectivity index (χ4n) is 2.39. The van der Waals surface area contributed by atoms with E-state index in [1.54, 1.807) is 11.1 Å². The highest BCUT2D eigenvalue weighted by atomic mass is 14.4. The predicted molar refractivity (Wildman–Crippen MR) is 78.0 cm³/mol. The summed E-state index contributed by atoms with van der Waals surface area (Å²) in [5.41, 5.74) is 3.91. The highest BCUT2D eigenvalue weighted by Crippen LogP contribution is 2.48. The molecule has 0 saturated carbocycles. The van der Waals surface area contributed by atoms with Crippen molar-refractivity contribution in [1.29, 1.82) is 0 Å². The summed E-state index contributed by atoms with van der Waals surface area (Å²) in [6, 6.07) is 0. The third-order valence-corrected chi connectivity index (χ3v) is 3.60. The molecule has 1 aliphatic rings. The second-order valence-electron chi connectivity index (χ2n) is 8.55. The maximum absolute atomic E-state index is 2.50. The molecule has 0 aromatic rings. The maximum Gasteiger partial charge on any atom is 0.000738 e. The van der Waals surface area contributed by atoms with Gasteiger partial charge in [0.15, 0.2) is 0 Å². The molecule has 0 atom stereocenters. The smallest absolute Gasteiger partial charge is 0.000738 e. The summed E-state index contributed by atoms with van der Waals surface area (Å²) in [4.78, 5) is 0. The largest absolute Gasteiger partial charge is 0.0730 e. The molecule has 0 nitrogen and oxygen atoms in total. The van der Waals surface area contributed by atoms with E-state index in [9.17, 15) is 0 Å². The van der Waals surface area contributed by atoms with Gasteiger partial charge in [-0.05, 0) is 27.4 Å². The molecule has 0 saturated heterocycles. The Morgan fingerprint density at radius 3 is 1.12 bits per heavy atom. The Balaban J connectivity index is 3.24. The number of allylic oxidation sites excluding steroid dienone is 4. The van der Waals surface area contributed by atoms with Gasteiger partial charge in [0.25, 0.3) is 0 Å². The van der Waals surface area contributed by atoms with Gasteiger partial charge in [0.05, 0.1) is 0 Å². The molecule has 1 aliphatic carbocycles. The topological polar surface area (TPSA) is 0 Å². The Kier molecular flexibility index (Phi) is 3.42. The maximum atomic E-state index is 2.50. The lowest BCUT2D eigenvalue weighted by atomic mass is 9.74. The van der Waals surface area contributed by atoms with Crippen molar-refractivity contribution >= 4 is 0 Å². The summed E-state index contributed by atoms with van der Waals surface area (Å²) in [6.07, 6.45) is 5.00. The molecule has 1 rings (SSSR count). The van der Waals surface area contributed by atoms with E-state index < -0.39 is 0 Å². The standard InChI is InChI=1S/C17H30/c1-15(2,3)12-10-13(16(4,5)6)14(11-12)17(7,8)9/h10-12H,1-9H3. The van der Waals surface area contributed by atoms with Gasteiger partial charge in [-0.3, -0.25) is 0 Å². The van der Waals surface area contributed by atoms with Crippen LogP contribution in [0.3, 0.4) is 0 Å². The average molecular weight is 234 g/mol. The fourth-order valence-corrected chi connectivity index (χ4v) is 2.39. The normalized spacial score (nSPS) is 19.4. The van der Waals surface area contributed by atoms with Gasteiger partial charge in [0.2, 0.25) is 0 Å². The second kappa shape index (κ2) is 4.00. The Hall–Kier alpha value is -0.520. The molecule has 0 aromatic carbocycles. The first-order valence-corrected chi connectivity index (χ1v) is 6.78. The van der Waals surface area contributed by atoms with Crippen LogP contribution in [0, 0.1) is 22.2 Å². The van der Waals surface area contributed by atoms with Crippen LogP contribution >= 0.6 is 0 Å². The highest BCUT2D eigenvalue weighted by Gasteiger charge is 2.35. The molecule has 17 heavy (non-hydrogen) atoms. The molecule has 0 heteroatoms. The van der Waals surface area contributed by atoms with E-state index in [1.165, 1.54) is 0 Å². The molecule has 0 heterocycles. The van der Waals surface area contributed by atoms with Crippen molar-refractivity contribution in [1.82, 2.24) is 0 Å². The van der Waals surface area contributed by atoms with E-state index in [-0.39, 0.29) is 10.8 Å². The molecule has 0 bridgehead atoms. The molecule has 0 radical (unpaired) electrons. The number of rotatable bonds is 0. The van der Waals surface area contributed by atoms with Crippen LogP contribution in [-0.2, 0) is 0 Å². The molecule has 0 fully saturated rings. The van der Waals surface area contributed by atoms with Crippen LogP contribution in [0.25, 0.3) is 0 Å². The number of hydrogen-bond acceptors (Lipinski definition) is 0. The van der Waals surface area contributed by atoms with Crippen LogP contribution in [-0.4, -0.2) is 0 Å². The zero-order chi connectivity index (χ0) is 13.6. The van der Waals surface area contributed by atoms with Crippen molar-refractivity contribution in [2.45, 2.75) is 62.3 Å². The minimum atomic E-state index is 0.249. The molecule has 98 valence electrons. The summed E-state index contributed by atoms with van der Waals surface area (Å²) >= 11 is 0. The van der Waals surface area contributed by atoms with Crippen LogP contribution in [0.4, 0.5) is 0 Å². The predicted octanol–water partition coefficient (Wildman–Crippen LogP) is 5.61. The Morgan fingerprint density at radius 2 is 0.941 bits per heavy atom. The van der Waals surface area contributed by atoms with Crippen LogP contribution in [0.15, 0.2) is 23.3 Å². The van der Waals surface area contributed by atoms with Gasteiger partial charge in [0, 0.05) is 5.92 Å². The first kappa shape index (κ1) is 14.5. The van der Waals surface area contributed by atoms with E-state index >= 15 is 0 Å². The summed E-state index contributed by atoms with van der Waals surface area (Å²) in [5, 5.41) is 0. The second-order valence-corrected chi connectivity index (χ2v) is 8.55. The van der Waals surface area contributed by atoms with E-state index in [2.05, 4.69) is 74.5 Å². The van der Waals surface area contributed by atoms with Crippen LogP contribution in [0.2, 0.25) is 0 Å². The SMILES string of the molecule is CC(C)(C)C1=CC(C(C)(C)C)C=C1C(C)(C)C. The molecule has 0 spiro atoms. The summed E-state index contributed by atoms with van der Waals surface area (Å²) in [5.74, 6) is 0.575. The monoisotopic (exact) mass is 234 g/mol. The highest BCUT2D eigenvalue weighted by molar-refractivity contribution is 5.46. The third-order valence-electron chi connectivity index (χ3n) is 3.60. The Morgan fingerprint density at radius 1 is 0.647 bits per heavy atom. The minimum absolute atomic E-state index is 0.249. The lowest BCUT2D eigenvalue weighted by molar-refractivity contribution is 0.343. The van der Waals surface area contributed by atoms with Gasteiger partial charge in [-0.1, -0.05) is 74.5 Å². The average Bonchev–Trinajstić information content (AvgIpc) is 2.42.